The van der Waals surface area contributed by atoms with Crippen LogP contribution in [0.25, 0.3) is 0 Å². The number of aromatic nitrogens is 2. The van der Waals surface area contributed by atoms with Crippen molar-refractivity contribution in [3.8, 4) is 0 Å². The number of ether oxygens (including phenoxy) is 1. The first-order valence-corrected chi connectivity index (χ1v) is 6.09. The third-order valence-corrected chi connectivity index (χ3v) is 3.06. The highest BCUT2D eigenvalue weighted by molar-refractivity contribution is 5.76. The molecule has 1 N–H and O–H groups in total. The van der Waals surface area contributed by atoms with Gasteiger partial charge in [-0.2, -0.15) is 0 Å². The lowest BCUT2D eigenvalue weighted by atomic mass is 10.2. The second kappa shape index (κ2) is 5.82. The van der Waals surface area contributed by atoms with E-state index >= 15 is 0 Å². The topological polar surface area (TPSA) is 58.2 Å². The molecule has 1 atom stereocenters. The fourth-order valence-electron chi connectivity index (χ4n) is 2.05. The van der Waals surface area contributed by atoms with Gasteiger partial charge in [-0.1, -0.05) is 0 Å². The molecule has 1 amide bonds. The molecule has 2 rings (SSSR count). The van der Waals surface area contributed by atoms with Crippen LogP contribution in [0, 0.1) is 0 Å². The van der Waals surface area contributed by atoms with Crippen LogP contribution in [-0.2, 0) is 16.0 Å². The predicted octanol–water partition coefficient (Wildman–Crippen LogP) is 0.980. The van der Waals surface area contributed by atoms with Crippen molar-refractivity contribution in [3.05, 3.63) is 18.2 Å². The Morgan fingerprint density at radius 3 is 3.24 bits per heavy atom. The molecule has 0 aliphatic carbocycles. The van der Waals surface area contributed by atoms with E-state index in [0.29, 0.717) is 19.4 Å². The summed E-state index contributed by atoms with van der Waals surface area (Å²) in [5.41, 5.74) is 0. The number of H-pyrrole nitrogens is 1. The Kier molecular flexibility index (Phi) is 4.14. The molecule has 1 saturated heterocycles. The SMILES string of the molecule is CN(C[C@H]1CCCO1)C(=O)CCc1ncc[nH]1. The van der Waals surface area contributed by atoms with Gasteiger partial charge in [0, 0.05) is 45.4 Å². The quantitative estimate of drug-likeness (QED) is 0.830. The minimum atomic E-state index is 0.150. The summed E-state index contributed by atoms with van der Waals surface area (Å²) in [5, 5.41) is 0. The lowest BCUT2D eigenvalue weighted by molar-refractivity contribution is -0.131. The average molecular weight is 237 g/mol. The Bertz CT molecular complexity index is 345. The smallest absolute Gasteiger partial charge is 0.222 e. The van der Waals surface area contributed by atoms with Crippen LogP contribution in [0.15, 0.2) is 12.4 Å². The van der Waals surface area contributed by atoms with E-state index in [9.17, 15) is 4.79 Å². The van der Waals surface area contributed by atoms with E-state index in [1.165, 1.54) is 0 Å². The molecule has 0 radical (unpaired) electrons. The van der Waals surface area contributed by atoms with Crippen LogP contribution in [-0.4, -0.2) is 47.1 Å². The number of nitrogens with one attached hydrogen (secondary N) is 1. The number of likely N-dealkylation sites (N-methyl/N-ethyl adjacent to an activating group) is 1. The second-order valence-electron chi connectivity index (χ2n) is 4.45. The third-order valence-electron chi connectivity index (χ3n) is 3.06. The van der Waals surface area contributed by atoms with Crippen molar-refractivity contribution < 1.29 is 9.53 Å². The number of hydrogen-bond donors (Lipinski definition) is 1. The van der Waals surface area contributed by atoms with E-state index in [2.05, 4.69) is 9.97 Å². The molecular formula is C12H19N3O2. The summed E-state index contributed by atoms with van der Waals surface area (Å²) < 4.78 is 5.51. The van der Waals surface area contributed by atoms with Crippen LogP contribution in [0.2, 0.25) is 0 Å². The summed E-state index contributed by atoms with van der Waals surface area (Å²) in [7, 11) is 1.84. The summed E-state index contributed by atoms with van der Waals surface area (Å²) in [4.78, 5) is 20.7. The number of amides is 1. The van der Waals surface area contributed by atoms with E-state index in [4.69, 9.17) is 4.74 Å². The number of carbonyl (C=O) groups is 1. The van der Waals surface area contributed by atoms with Crippen molar-refractivity contribution in [3.63, 3.8) is 0 Å². The number of imidazole rings is 1. The van der Waals surface area contributed by atoms with Gasteiger partial charge in [-0.25, -0.2) is 4.98 Å². The maximum atomic E-state index is 11.9. The number of carbonyl (C=O) groups excluding carboxylic acids is 1. The summed E-state index contributed by atoms with van der Waals surface area (Å²) in [5.74, 6) is 1.01. The number of hydrogen-bond acceptors (Lipinski definition) is 3. The number of rotatable bonds is 5. The highest BCUT2D eigenvalue weighted by Crippen LogP contribution is 2.13. The Labute approximate surface area is 101 Å². The van der Waals surface area contributed by atoms with Crippen LogP contribution in [0.4, 0.5) is 0 Å². The molecule has 2 heterocycles. The maximum absolute atomic E-state index is 11.9. The fraction of sp³-hybridized carbons (Fsp3) is 0.667. The molecule has 0 spiro atoms. The van der Waals surface area contributed by atoms with E-state index in [1.807, 2.05) is 7.05 Å². The van der Waals surface area contributed by atoms with Crippen LogP contribution in [0.1, 0.15) is 25.1 Å². The van der Waals surface area contributed by atoms with Crippen molar-refractivity contribution in [2.24, 2.45) is 0 Å². The van der Waals surface area contributed by atoms with E-state index < -0.39 is 0 Å². The standard InChI is InChI=1S/C12H19N3O2/c1-15(9-10-3-2-8-17-10)12(16)5-4-11-13-6-7-14-11/h6-7,10H,2-5,8-9H2,1H3,(H,13,14)/t10-/m1/s1. The number of nitrogens with zero attached hydrogens (tertiary/aromatic N) is 2. The van der Waals surface area contributed by atoms with E-state index in [1.54, 1.807) is 17.3 Å². The van der Waals surface area contributed by atoms with Crippen molar-refractivity contribution in [1.29, 1.82) is 0 Å². The van der Waals surface area contributed by atoms with Gasteiger partial charge in [0.1, 0.15) is 5.82 Å². The molecule has 1 fully saturated rings. The normalized spacial score (nSPS) is 19.5. The van der Waals surface area contributed by atoms with Crippen LogP contribution in [0.5, 0.6) is 0 Å². The number of aryl methyl sites for hydroxylation is 1. The first kappa shape index (κ1) is 12.1. The first-order chi connectivity index (χ1) is 8.25. The maximum Gasteiger partial charge on any atom is 0.222 e. The largest absolute Gasteiger partial charge is 0.376 e. The molecule has 1 aliphatic rings. The van der Waals surface area contributed by atoms with Crippen LogP contribution in [0.3, 0.4) is 0 Å². The molecule has 1 aromatic heterocycles. The van der Waals surface area contributed by atoms with Gasteiger partial charge in [-0.15, -0.1) is 0 Å². The molecule has 1 aromatic rings. The van der Waals surface area contributed by atoms with Crippen molar-refractivity contribution in [1.82, 2.24) is 14.9 Å². The molecule has 0 saturated carbocycles. The Morgan fingerprint density at radius 2 is 2.59 bits per heavy atom. The molecule has 5 nitrogen and oxygen atoms in total. The van der Waals surface area contributed by atoms with Crippen molar-refractivity contribution in [2.45, 2.75) is 31.8 Å². The van der Waals surface area contributed by atoms with Gasteiger partial charge in [0.05, 0.1) is 6.10 Å². The van der Waals surface area contributed by atoms with Gasteiger partial charge < -0.3 is 14.6 Å². The molecule has 0 bridgehead atoms. The van der Waals surface area contributed by atoms with Crippen LogP contribution >= 0.6 is 0 Å². The Balaban J connectivity index is 1.71. The zero-order valence-corrected chi connectivity index (χ0v) is 10.2. The monoisotopic (exact) mass is 237 g/mol. The first-order valence-electron chi connectivity index (χ1n) is 6.09. The molecule has 17 heavy (non-hydrogen) atoms. The van der Waals surface area contributed by atoms with Gasteiger partial charge in [0.25, 0.3) is 0 Å². The average Bonchev–Trinajstić information content (AvgIpc) is 2.98. The van der Waals surface area contributed by atoms with Gasteiger partial charge >= 0.3 is 0 Å². The molecule has 0 aromatic carbocycles. The highest BCUT2D eigenvalue weighted by atomic mass is 16.5. The predicted molar refractivity (Wildman–Crippen MR) is 63.5 cm³/mol. The fourth-order valence-corrected chi connectivity index (χ4v) is 2.05. The van der Waals surface area contributed by atoms with Gasteiger partial charge in [0.15, 0.2) is 0 Å². The van der Waals surface area contributed by atoms with Gasteiger partial charge in [0.2, 0.25) is 5.91 Å². The Hall–Kier alpha value is -1.36. The third kappa shape index (κ3) is 3.56. The summed E-state index contributed by atoms with van der Waals surface area (Å²) >= 11 is 0. The Morgan fingerprint density at radius 1 is 1.71 bits per heavy atom. The molecular weight excluding hydrogens is 218 g/mol. The van der Waals surface area contributed by atoms with Crippen LogP contribution < -0.4 is 0 Å². The molecule has 1 aliphatic heterocycles. The van der Waals surface area contributed by atoms with E-state index in [0.717, 1.165) is 25.3 Å². The molecule has 0 unspecified atom stereocenters. The molecule has 5 heteroatoms. The second-order valence-corrected chi connectivity index (χ2v) is 4.45. The van der Waals surface area contributed by atoms with Crippen molar-refractivity contribution in [2.75, 3.05) is 20.2 Å². The van der Waals surface area contributed by atoms with Crippen molar-refractivity contribution >= 4 is 5.91 Å². The minimum absolute atomic E-state index is 0.150. The van der Waals surface area contributed by atoms with E-state index in [-0.39, 0.29) is 12.0 Å². The summed E-state index contributed by atoms with van der Waals surface area (Å²) in [6, 6.07) is 0. The molecule has 94 valence electrons. The highest BCUT2D eigenvalue weighted by Gasteiger charge is 2.19. The lowest BCUT2D eigenvalue weighted by Gasteiger charge is -2.20. The summed E-state index contributed by atoms with van der Waals surface area (Å²) in [6.07, 6.45) is 7.05. The summed E-state index contributed by atoms with van der Waals surface area (Å²) in [6.45, 7) is 1.54. The van der Waals surface area contributed by atoms with Gasteiger partial charge in [-0.05, 0) is 12.8 Å². The lowest BCUT2D eigenvalue weighted by Crippen LogP contribution is -2.34. The zero-order valence-electron chi connectivity index (χ0n) is 10.2. The zero-order chi connectivity index (χ0) is 12.1. The van der Waals surface area contributed by atoms with Gasteiger partial charge in [-0.3, -0.25) is 4.79 Å². The number of aromatic amines is 1. The minimum Gasteiger partial charge on any atom is -0.376 e.